The second-order valence-corrected chi connectivity index (χ2v) is 3.69. The summed E-state index contributed by atoms with van der Waals surface area (Å²) in [4.78, 5) is 11.0. The van der Waals surface area contributed by atoms with E-state index in [1.54, 1.807) is 0 Å². The van der Waals surface area contributed by atoms with Crippen molar-refractivity contribution in [2.45, 2.75) is 18.0 Å². The van der Waals surface area contributed by atoms with E-state index in [2.05, 4.69) is 9.47 Å². The van der Waals surface area contributed by atoms with Gasteiger partial charge >= 0.3 is 24.0 Å². The van der Waals surface area contributed by atoms with E-state index in [0.717, 1.165) is 19.2 Å². The Morgan fingerprint density at radius 3 is 1.86 bits per heavy atom. The van der Waals surface area contributed by atoms with Gasteiger partial charge in [-0.3, -0.25) is 0 Å². The van der Waals surface area contributed by atoms with E-state index in [0.29, 0.717) is 0 Å². The van der Waals surface area contributed by atoms with Gasteiger partial charge in [0.2, 0.25) is 0 Å². The van der Waals surface area contributed by atoms with Gasteiger partial charge in [0.05, 0.1) is 7.11 Å². The van der Waals surface area contributed by atoms with Crippen LogP contribution in [0.2, 0.25) is 0 Å². The van der Waals surface area contributed by atoms with E-state index < -0.39 is 29.7 Å². The summed E-state index contributed by atoms with van der Waals surface area (Å²) in [7, 11) is 1.05. The Labute approximate surface area is 113 Å². The summed E-state index contributed by atoms with van der Waals surface area (Å²) in [6.45, 7) is 0. The second-order valence-electron chi connectivity index (χ2n) is 3.69. The number of carbonyl (C=O) groups excluding carboxylic acids is 1. The van der Waals surface area contributed by atoms with Crippen LogP contribution in [0.15, 0.2) is 24.3 Å². The molecule has 0 amide bonds. The fourth-order valence-corrected chi connectivity index (χ4v) is 1.17. The number of esters is 1. The zero-order valence-electron chi connectivity index (χ0n) is 10.2. The van der Waals surface area contributed by atoms with Crippen LogP contribution in [0.4, 0.5) is 30.7 Å². The predicted molar refractivity (Wildman–Crippen MR) is 54.6 cm³/mol. The SMILES string of the molecule is COc1ccccc1OC(=O)C(F)(F)C(F)(F)C(F)(F)F. The molecule has 0 heterocycles. The Kier molecular flexibility index (Phi) is 4.40. The van der Waals surface area contributed by atoms with Crippen molar-refractivity contribution in [3.05, 3.63) is 24.3 Å². The largest absolute Gasteiger partial charge is 0.493 e. The third-order valence-corrected chi connectivity index (χ3v) is 2.28. The number of hydrogen-bond acceptors (Lipinski definition) is 3. The van der Waals surface area contributed by atoms with Gasteiger partial charge in [-0.25, -0.2) is 4.79 Å². The minimum Gasteiger partial charge on any atom is -0.493 e. The fourth-order valence-electron chi connectivity index (χ4n) is 1.17. The van der Waals surface area contributed by atoms with Crippen LogP contribution in [0.3, 0.4) is 0 Å². The highest BCUT2D eigenvalue weighted by Gasteiger charge is 2.77. The van der Waals surface area contributed by atoms with E-state index >= 15 is 0 Å². The summed E-state index contributed by atoms with van der Waals surface area (Å²) in [5.74, 6) is -16.7. The molecule has 10 heteroatoms. The van der Waals surface area contributed by atoms with Crippen LogP contribution in [0, 0.1) is 0 Å². The minimum absolute atomic E-state index is 0.294. The molecule has 0 aliphatic rings. The molecule has 0 spiro atoms. The molecule has 3 nitrogen and oxygen atoms in total. The molecule has 0 aliphatic heterocycles. The van der Waals surface area contributed by atoms with Crippen molar-refractivity contribution in [1.82, 2.24) is 0 Å². The lowest BCUT2D eigenvalue weighted by Gasteiger charge is -2.26. The lowest BCUT2D eigenvalue weighted by atomic mass is 10.1. The monoisotopic (exact) mass is 320 g/mol. The molecular formula is C11H7F7O3. The topological polar surface area (TPSA) is 35.5 Å². The average Bonchev–Trinajstić information content (AvgIpc) is 2.37. The Morgan fingerprint density at radius 1 is 0.952 bits per heavy atom. The van der Waals surface area contributed by atoms with Crippen molar-refractivity contribution in [2.24, 2.45) is 0 Å². The first-order valence-electron chi connectivity index (χ1n) is 5.12. The van der Waals surface area contributed by atoms with Crippen LogP contribution in [0.1, 0.15) is 0 Å². The van der Waals surface area contributed by atoms with Gasteiger partial charge in [-0.1, -0.05) is 12.1 Å². The zero-order chi connectivity index (χ0) is 16.5. The molecule has 1 aromatic carbocycles. The Hall–Kier alpha value is -2.00. The fraction of sp³-hybridized carbons (Fsp3) is 0.364. The van der Waals surface area contributed by atoms with Gasteiger partial charge in [0.1, 0.15) is 0 Å². The molecule has 0 N–H and O–H groups in total. The maximum atomic E-state index is 13.0. The van der Waals surface area contributed by atoms with Crippen LogP contribution in [-0.2, 0) is 4.79 Å². The molecule has 0 aliphatic carbocycles. The number of para-hydroxylation sites is 2. The molecule has 1 rings (SSSR count). The number of methoxy groups -OCH3 is 1. The van der Waals surface area contributed by atoms with Crippen molar-refractivity contribution in [2.75, 3.05) is 7.11 Å². The number of rotatable bonds is 4. The first-order chi connectivity index (χ1) is 9.45. The summed E-state index contributed by atoms with van der Waals surface area (Å²) < 4.78 is 95.5. The molecule has 21 heavy (non-hydrogen) atoms. The van der Waals surface area contributed by atoms with Crippen molar-refractivity contribution in [3.63, 3.8) is 0 Å². The van der Waals surface area contributed by atoms with Crippen molar-refractivity contribution < 1.29 is 45.0 Å². The normalized spacial score (nSPS) is 13.0. The number of halogens is 7. The molecular weight excluding hydrogens is 313 g/mol. The highest BCUT2D eigenvalue weighted by atomic mass is 19.4. The lowest BCUT2D eigenvalue weighted by molar-refractivity contribution is -0.346. The third-order valence-electron chi connectivity index (χ3n) is 2.28. The average molecular weight is 320 g/mol. The minimum atomic E-state index is -6.61. The van der Waals surface area contributed by atoms with E-state index in [-0.39, 0.29) is 5.75 Å². The van der Waals surface area contributed by atoms with Gasteiger partial charge in [-0.2, -0.15) is 30.7 Å². The highest BCUT2D eigenvalue weighted by molar-refractivity contribution is 5.82. The van der Waals surface area contributed by atoms with Crippen molar-refractivity contribution in [1.29, 1.82) is 0 Å². The summed E-state index contributed by atoms with van der Waals surface area (Å²) in [6.07, 6.45) is -6.61. The number of alkyl halides is 7. The van der Waals surface area contributed by atoms with Crippen molar-refractivity contribution in [3.8, 4) is 11.5 Å². The quantitative estimate of drug-likeness (QED) is 0.484. The molecule has 0 unspecified atom stereocenters. The Bertz CT molecular complexity index is 525. The standard InChI is InChI=1S/C11H7F7O3/c1-20-6-4-2-3-5-7(6)21-8(19)9(12,13)10(14,15)11(16,17)18/h2-5H,1H3. The maximum absolute atomic E-state index is 13.0. The van der Waals surface area contributed by atoms with Gasteiger partial charge in [0, 0.05) is 0 Å². The van der Waals surface area contributed by atoms with E-state index in [9.17, 15) is 35.5 Å². The summed E-state index contributed by atoms with van der Waals surface area (Å²) in [6, 6.07) is 4.52. The van der Waals surface area contributed by atoms with Crippen LogP contribution in [0.25, 0.3) is 0 Å². The van der Waals surface area contributed by atoms with Crippen LogP contribution in [-0.4, -0.2) is 31.1 Å². The zero-order valence-corrected chi connectivity index (χ0v) is 10.2. The van der Waals surface area contributed by atoms with Gasteiger partial charge in [0.25, 0.3) is 0 Å². The van der Waals surface area contributed by atoms with Crippen LogP contribution < -0.4 is 9.47 Å². The van der Waals surface area contributed by atoms with Gasteiger partial charge in [-0.05, 0) is 12.1 Å². The molecule has 0 fully saturated rings. The molecule has 0 saturated carbocycles. The smallest absolute Gasteiger partial charge is 0.460 e. The molecule has 0 radical (unpaired) electrons. The van der Waals surface area contributed by atoms with Crippen LogP contribution >= 0.6 is 0 Å². The predicted octanol–water partition coefficient (Wildman–Crippen LogP) is 3.43. The lowest BCUT2D eigenvalue weighted by Crippen LogP contribution is -2.57. The first-order valence-corrected chi connectivity index (χ1v) is 5.12. The molecule has 118 valence electrons. The van der Waals surface area contributed by atoms with Crippen LogP contribution in [0.5, 0.6) is 11.5 Å². The van der Waals surface area contributed by atoms with E-state index in [1.165, 1.54) is 12.1 Å². The number of hydrogen-bond donors (Lipinski definition) is 0. The third kappa shape index (κ3) is 3.03. The molecule has 0 atom stereocenters. The number of ether oxygens (including phenoxy) is 2. The van der Waals surface area contributed by atoms with Gasteiger partial charge in [0.15, 0.2) is 11.5 Å². The molecule has 0 saturated heterocycles. The first kappa shape index (κ1) is 17.1. The second kappa shape index (κ2) is 5.41. The van der Waals surface area contributed by atoms with Gasteiger partial charge < -0.3 is 9.47 Å². The summed E-state index contributed by atoms with van der Waals surface area (Å²) in [5.41, 5.74) is 0. The Morgan fingerprint density at radius 2 is 1.43 bits per heavy atom. The summed E-state index contributed by atoms with van der Waals surface area (Å²) in [5, 5.41) is 0. The molecule has 0 aromatic heterocycles. The molecule has 0 bridgehead atoms. The maximum Gasteiger partial charge on any atom is 0.460 e. The van der Waals surface area contributed by atoms with E-state index in [1.807, 2.05) is 0 Å². The number of benzene rings is 1. The Balaban J connectivity index is 3.08. The summed E-state index contributed by atoms with van der Waals surface area (Å²) >= 11 is 0. The highest BCUT2D eigenvalue weighted by Crippen LogP contribution is 2.47. The molecule has 1 aromatic rings. The van der Waals surface area contributed by atoms with Gasteiger partial charge in [-0.15, -0.1) is 0 Å². The number of carbonyl (C=O) groups is 1. The van der Waals surface area contributed by atoms with Crippen molar-refractivity contribution >= 4 is 5.97 Å². The van der Waals surface area contributed by atoms with E-state index in [4.69, 9.17) is 0 Å².